The number of benzene rings is 16. The number of rotatable bonds is 9. The fourth-order valence-corrected chi connectivity index (χ4v) is 18.1. The molecule has 482 valence electrons. The topological polar surface area (TPSA) is 31.0 Å². The number of anilines is 12. The fourth-order valence-electron chi connectivity index (χ4n) is 18.1. The molecule has 104 heavy (non-hydrogen) atoms. The van der Waals surface area contributed by atoms with Gasteiger partial charge in [0.1, 0.15) is 11.2 Å². The van der Waals surface area contributed by atoms with E-state index in [0.29, 0.717) is 0 Å². The van der Waals surface area contributed by atoms with Crippen LogP contribution in [0.15, 0.2) is 374 Å². The third-order valence-electron chi connectivity index (χ3n) is 22.3. The Kier molecular flexibility index (Phi) is 12.9. The molecule has 4 aliphatic heterocycles. The van der Waals surface area contributed by atoms with Crippen LogP contribution in [0.4, 0.5) is 68.2 Å². The third kappa shape index (κ3) is 8.60. The van der Waals surface area contributed by atoms with E-state index in [1.54, 1.807) is 0 Å². The molecule has 2 aromatic heterocycles. The fraction of sp³-hybridized carbons (Fsp3) is 0. The molecule has 0 saturated carbocycles. The first kappa shape index (κ1) is 58.3. The van der Waals surface area contributed by atoms with E-state index in [0.717, 1.165) is 146 Å². The number of para-hydroxylation sites is 9. The van der Waals surface area contributed by atoms with Crippen LogP contribution in [-0.2, 0) is 0 Å². The number of hydrogen-bond donors (Lipinski definition) is 0. The standard InChI is InChI=1S/C96H61B2N5O/c1-7-30-62(31-8-1)64-34-27-36-66(56-64)72-48-29-49-73(67-37-28-35-65(57-67)63-32-9-2-10-33-63)94(72)103-84-59-83-78(58-79(84)98-77-51-22-25-54-82(77)102(71-44-17-6-18-45-71)96-91-75-47-20-26-55-88(75)104-89(91)61-87(103)93(96)98)97-76-50-21-24-53-81(76)101(70-42-15-5-16-43-70)95-90-74-46-19-23-52-80(74)99(68-38-11-3-12-39-68)85(90)60-86(92(95)97)100(83)69-40-13-4-14-41-69/h1-61H. The van der Waals surface area contributed by atoms with Crippen molar-refractivity contribution in [1.82, 2.24) is 4.57 Å². The smallest absolute Gasteiger partial charge is 0.252 e. The van der Waals surface area contributed by atoms with Gasteiger partial charge in [0, 0.05) is 90.2 Å². The second kappa shape index (κ2) is 23.0. The summed E-state index contributed by atoms with van der Waals surface area (Å²) in [6.45, 7) is -0.514. The zero-order chi connectivity index (χ0) is 68.1. The largest absolute Gasteiger partial charge is 0.456 e. The summed E-state index contributed by atoms with van der Waals surface area (Å²) < 4.78 is 9.88. The van der Waals surface area contributed by atoms with Crippen LogP contribution in [0.5, 0.6) is 0 Å². The zero-order valence-corrected chi connectivity index (χ0v) is 56.5. The summed E-state index contributed by atoms with van der Waals surface area (Å²) in [5.41, 5.74) is 34.6. The molecule has 0 spiro atoms. The summed E-state index contributed by atoms with van der Waals surface area (Å²) in [5, 5.41) is 4.56. The molecular weight excluding hydrogens is 1260 g/mol. The molecule has 0 radical (unpaired) electrons. The molecule has 16 aromatic carbocycles. The van der Waals surface area contributed by atoms with Crippen molar-refractivity contribution in [3.05, 3.63) is 370 Å². The van der Waals surface area contributed by atoms with Crippen molar-refractivity contribution in [2.24, 2.45) is 0 Å². The minimum atomic E-state index is -0.277. The third-order valence-corrected chi connectivity index (χ3v) is 22.3. The summed E-state index contributed by atoms with van der Waals surface area (Å²) in [4.78, 5) is 10.4. The van der Waals surface area contributed by atoms with Gasteiger partial charge in [-0.05, 0) is 163 Å². The Morgan fingerprint density at radius 1 is 0.221 bits per heavy atom. The molecule has 0 atom stereocenters. The molecule has 0 aliphatic carbocycles. The molecule has 0 bridgehead atoms. The first-order chi connectivity index (χ1) is 51.7. The van der Waals surface area contributed by atoms with E-state index in [9.17, 15) is 0 Å². The van der Waals surface area contributed by atoms with Crippen LogP contribution < -0.4 is 52.4 Å². The highest BCUT2D eigenvalue weighted by molar-refractivity contribution is 7.03. The van der Waals surface area contributed by atoms with Gasteiger partial charge in [0.05, 0.1) is 33.5 Å². The molecule has 22 rings (SSSR count). The van der Waals surface area contributed by atoms with Crippen molar-refractivity contribution in [1.29, 1.82) is 0 Å². The van der Waals surface area contributed by atoms with Crippen molar-refractivity contribution >= 4 is 158 Å². The second-order valence-electron chi connectivity index (χ2n) is 27.8. The lowest BCUT2D eigenvalue weighted by atomic mass is 9.30. The van der Waals surface area contributed by atoms with Crippen LogP contribution in [0.3, 0.4) is 0 Å². The monoisotopic (exact) mass is 1320 g/mol. The van der Waals surface area contributed by atoms with Gasteiger partial charge in [0.15, 0.2) is 0 Å². The van der Waals surface area contributed by atoms with Crippen molar-refractivity contribution in [2.75, 3.05) is 19.6 Å². The molecule has 8 heteroatoms. The highest BCUT2D eigenvalue weighted by Crippen LogP contribution is 2.56. The molecule has 6 nitrogen and oxygen atoms in total. The van der Waals surface area contributed by atoms with Gasteiger partial charge in [0.25, 0.3) is 13.4 Å². The lowest BCUT2D eigenvalue weighted by Crippen LogP contribution is -2.65. The van der Waals surface area contributed by atoms with E-state index in [4.69, 9.17) is 4.42 Å². The van der Waals surface area contributed by atoms with E-state index in [-0.39, 0.29) is 13.4 Å². The minimum absolute atomic E-state index is 0.238. The van der Waals surface area contributed by atoms with Crippen molar-refractivity contribution in [2.45, 2.75) is 0 Å². The lowest BCUT2D eigenvalue weighted by molar-refractivity contribution is 0.669. The van der Waals surface area contributed by atoms with E-state index < -0.39 is 0 Å². The molecule has 0 N–H and O–H groups in total. The molecular formula is C96H61B2N5O. The van der Waals surface area contributed by atoms with Gasteiger partial charge in [0.2, 0.25) is 0 Å². The van der Waals surface area contributed by atoms with Gasteiger partial charge in [-0.2, -0.15) is 0 Å². The molecule has 18 aromatic rings. The van der Waals surface area contributed by atoms with Crippen LogP contribution in [0.1, 0.15) is 0 Å². The summed E-state index contributed by atoms with van der Waals surface area (Å²) in [6.07, 6.45) is 0. The summed E-state index contributed by atoms with van der Waals surface area (Å²) >= 11 is 0. The van der Waals surface area contributed by atoms with Crippen molar-refractivity contribution in [3.8, 4) is 50.2 Å². The zero-order valence-electron chi connectivity index (χ0n) is 56.5. The molecule has 0 fully saturated rings. The van der Waals surface area contributed by atoms with Crippen molar-refractivity contribution in [3.63, 3.8) is 0 Å². The maximum Gasteiger partial charge on any atom is 0.252 e. The Hall–Kier alpha value is -13.6. The Labute approximate surface area is 603 Å². The first-order valence-corrected chi connectivity index (χ1v) is 36.0. The maximum atomic E-state index is 7.38. The number of aromatic nitrogens is 1. The van der Waals surface area contributed by atoms with Gasteiger partial charge in [-0.1, -0.05) is 267 Å². The van der Waals surface area contributed by atoms with Crippen LogP contribution >= 0.6 is 0 Å². The van der Waals surface area contributed by atoms with Gasteiger partial charge < -0.3 is 28.6 Å². The van der Waals surface area contributed by atoms with Crippen molar-refractivity contribution < 1.29 is 4.42 Å². The molecule has 0 amide bonds. The maximum absolute atomic E-state index is 7.38. The van der Waals surface area contributed by atoms with E-state index in [2.05, 4.69) is 394 Å². The number of fused-ring (bicyclic) bond motifs is 16. The predicted molar refractivity (Wildman–Crippen MR) is 438 cm³/mol. The van der Waals surface area contributed by atoms with Gasteiger partial charge in [-0.15, -0.1) is 0 Å². The molecule has 6 heterocycles. The Morgan fingerprint density at radius 3 is 1.21 bits per heavy atom. The average Bonchev–Trinajstić information content (AvgIpc) is 1.22. The highest BCUT2D eigenvalue weighted by Gasteiger charge is 2.50. The summed E-state index contributed by atoms with van der Waals surface area (Å²) in [6, 6.07) is 138. The minimum Gasteiger partial charge on any atom is -0.456 e. The first-order valence-electron chi connectivity index (χ1n) is 36.0. The van der Waals surface area contributed by atoms with Gasteiger partial charge in [-0.25, -0.2) is 0 Å². The van der Waals surface area contributed by atoms with E-state index in [1.165, 1.54) is 49.2 Å². The SMILES string of the molecule is c1ccc(-c2cccc(-c3cccc(-c4cccc(-c5ccccc5)c4)c3N3c4cc5c(cc4B4c6ccccc6N(c6ccccc6)c6c4c3cc3oc4ccccc4c63)B3c4ccccc4N(c4ccccc4)c4c3c(cc3c4c4ccccc4n3-c3ccccc3)N5c3ccccc3)c2)cc1. The quantitative estimate of drug-likeness (QED) is 0.134. The highest BCUT2D eigenvalue weighted by atomic mass is 16.3. The van der Waals surface area contributed by atoms with Crippen LogP contribution in [-0.4, -0.2) is 18.0 Å². The van der Waals surface area contributed by atoms with Crippen LogP contribution in [0.2, 0.25) is 0 Å². The molecule has 0 saturated heterocycles. The Bertz CT molecular complexity index is 6420. The normalized spacial score (nSPS) is 13.1. The van der Waals surface area contributed by atoms with Gasteiger partial charge in [-0.3, -0.25) is 0 Å². The molecule has 0 unspecified atom stereocenters. The summed E-state index contributed by atoms with van der Waals surface area (Å²) in [5.74, 6) is 0. The predicted octanol–water partition coefficient (Wildman–Crippen LogP) is 21.5. The second-order valence-corrected chi connectivity index (χ2v) is 27.8. The van der Waals surface area contributed by atoms with Crippen LogP contribution in [0, 0.1) is 0 Å². The van der Waals surface area contributed by atoms with Gasteiger partial charge >= 0.3 is 0 Å². The number of nitrogens with zero attached hydrogens (tertiary/aromatic N) is 5. The Balaban J connectivity index is 0.925. The van der Waals surface area contributed by atoms with Crippen LogP contribution in [0.25, 0.3) is 93.9 Å². The number of furan rings is 1. The van der Waals surface area contributed by atoms with E-state index >= 15 is 0 Å². The number of hydrogen-bond acceptors (Lipinski definition) is 5. The Morgan fingerprint density at radius 2 is 0.644 bits per heavy atom. The lowest BCUT2D eigenvalue weighted by Gasteiger charge is -2.47. The molecule has 4 aliphatic rings. The van der Waals surface area contributed by atoms with E-state index in [1.807, 2.05) is 0 Å². The average molecular weight is 1320 g/mol. The summed E-state index contributed by atoms with van der Waals surface area (Å²) in [7, 11) is 0.